The van der Waals surface area contributed by atoms with E-state index in [0.717, 1.165) is 48.6 Å². The van der Waals surface area contributed by atoms with Crippen LogP contribution in [0, 0.1) is 0 Å². The van der Waals surface area contributed by atoms with E-state index in [0.29, 0.717) is 18.9 Å². The predicted octanol–water partition coefficient (Wildman–Crippen LogP) is 4.70. The highest BCUT2D eigenvalue weighted by Gasteiger charge is 2.38. The van der Waals surface area contributed by atoms with E-state index < -0.39 is 18.1 Å². The average Bonchev–Trinajstić information content (AvgIpc) is 3.36. The van der Waals surface area contributed by atoms with E-state index in [9.17, 15) is 18.0 Å². The molecule has 0 spiro atoms. The molecular weight excluding hydrogens is 503 g/mol. The molecule has 4 rings (SSSR count). The lowest BCUT2D eigenvalue weighted by atomic mass is 10.1. The lowest BCUT2D eigenvalue weighted by molar-refractivity contribution is -0.192. The first-order chi connectivity index (χ1) is 18.1. The van der Waals surface area contributed by atoms with E-state index in [-0.39, 0.29) is 6.42 Å². The Labute approximate surface area is 217 Å². The van der Waals surface area contributed by atoms with Gasteiger partial charge in [-0.05, 0) is 48.2 Å². The average molecular weight is 532 g/mol. The number of rotatable bonds is 9. The summed E-state index contributed by atoms with van der Waals surface area (Å²) < 4.78 is 37.6. The molecule has 0 radical (unpaired) electrons. The van der Waals surface area contributed by atoms with Gasteiger partial charge in [-0.15, -0.1) is 0 Å². The first-order valence-corrected chi connectivity index (χ1v) is 11.9. The third kappa shape index (κ3) is 9.47. The molecule has 0 aliphatic carbocycles. The van der Waals surface area contributed by atoms with E-state index in [4.69, 9.17) is 19.7 Å². The number of carbonyl (C=O) groups is 2. The zero-order chi connectivity index (χ0) is 27.5. The van der Waals surface area contributed by atoms with Crippen LogP contribution in [0.5, 0.6) is 5.75 Å². The van der Waals surface area contributed by atoms with E-state index in [1.165, 1.54) is 5.56 Å². The second-order valence-corrected chi connectivity index (χ2v) is 8.80. The quantitative estimate of drug-likeness (QED) is 0.409. The minimum Gasteiger partial charge on any atom is -0.489 e. The smallest absolute Gasteiger partial charge is 0.489 e. The Morgan fingerprint density at radius 1 is 0.974 bits per heavy atom. The largest absolute Gasteiger partial charge is 0.490 e. The van der Waals surface area contributed by atoms with Gasteiger partial charge in [-0.3, -0.25) is 19.7 Å². The fraction of sp³-hybridized carbons (Fsp3) is 0.333. The van der Waals surface area contributed by atoms with Crippen LogP contribution in [0.1, 0.15) is 41.1 Å². The van der Waals surface area contributed by atoms with E-state index >= 15 is 0 Å². The number of halogens is 3. The van der Waals surface area contributed by atoms with E-state index in [1.54, 1.807) is 12.4 Å². The van der Waals surface area contributed by atoms with Crippen LogP contribution in [0.3, 0.4) is 0 Å². The summed E-state index contributed by atoms with van der Waals surface area (Å²) in [6.07, 6.45) is 2.09. The van der Waals surface area contributed by atoms with Crippen molar-refractivity contribution in [2.75, 3.05) is 13.1 Å². The van der Waals surface area contributed by atoms with Crippen LogP contribution >= 0.6 is 0 Å². The Morgan fingerprint density at radius 3 is 2.18 bits per heavy atom. The number of alkyl halides is 3. The normalized spacial score (nSPS) is 15.4. The van der Waals surface area contributed by atoms with Gasteiger partial charge < -0.3 is 14.9 Å². The SMILES string of the molecule is O=C(O)C(F)(F)F.O=C(O)CCc1ccc(OCc2ccc(CN3CCC(c4cnccn4)C3)cc2)cc1. The molecule has 11 heteroatoms. The summed E-state index contributed by atoms with van der Waals surface area (Å²) in [6, 6.07) is 16.2. The Morgan fingerprint density at radius 2 is 1.61 bits per heavy atom. The number of ether oxygens (including phenoxy) is 1. The fourth-order valence-corrected chi connectivity index (χ4v) is 3.91. The molecule has 1 aliphatic rings. The van der Waals surface area contributed by atoms with Gasteiger partial charge in [0, 0.05) is 44.0 Å². The maximum absolute atomic E-state index is 10.7. The number of hydrogen-bond acceptors (Lipinski definition) is 6. The van der Waals surface area contributed by atoms with E-state index in [2.05, 4.69) is 39.1 Å². The molecule has 1 atom stereocenters. The molecule has 2 N–H and O–H groups in total. The summed E-state index contributed by atoms with van der Waals surface area (Å²) in [4.78, 5) is 30.7. The number of nitrogens with zero attached hydrogens (tertiary/aromatic N) is 3. The molecule has 0 amide bonds. The van der Waals surface area contributed by atoms with Gasteiger partial charge in [-0.1, -0.05) is 36.4 Å². The molecule has 2 aromatic carbocycles. The standard InChI is InChI=1S/C25H27N3O3.C2HF3O2/c29-25(30)10-7-19-5-8-23(9-6-19)31-18-21-3-1-20(2-4-21)16-28-14-11-22(17-28)24-15-26-12-13-27-24;3-2(4,5)1(6)7/h1-6,8-9,12-13,15,22H,7,10-11,14,16-18H2,(H,29,30);(H,6,7). The maximum atomic E-state index is 10.7. The molecule has 38 heavy (non-hydrogen) atoms. The first kappa shape index (κ1) is 28.6. The minimum atomic E-state index is -5.08. The highest BCUT2D eigenvalue weighted by atomic mass is 19.4. The number of aliphatic carboxylic acids is 2. The number of aromatic nitrogens is 2. The molecule has 8 nitrogen and oxygen atoms in total. The lowest BCUT2D eigenvalue weighted by Gasteiger charge is -2.16. The predicted molar refractivity (Wildman–Crippen MR) is 132 cm³/mol. The van der Waals surface area contributed by atoms with Crippen LogP contribution in [-0.4, -0.2) is 56.3 Å². The number of hydrogen-bond donors (Lipinski definition) is 2. The number of carboxylic acid groups (broad SMARTS) is 2. The fourth-order valence-electron chi connectivity index (χ4n) is 3.91. The van der Waals surface area contributed by atoms with Crippen molar-refractivity contribution < 1.29 is 37.7 Å². The second-order valence-electron chi connectivity index (χ2n) is 8.80. The summed E-state index contributed by atoms with van der Waals surface area (Å²) in [7, 11) is 0. The van der Waals surface area contributed by atoms with Gasteiger partial charge in [0.15, 0.2) is 0 Å². The van der Waals surface area contributed by atoms with Crippen molar-refractivity contribution in [1.29, 1.82) is 0 Å². The summed E-state index contributed by atoms with van der Waals surface area (Å²) in [5.41, 5.74) is 4.51. The molecular formula is C27H28F3N3O5. The van der Waals surface area contributed by atoms with Gasteiger partial charge in [0.2, 0.25) is 0 Å². The van der Waals surface area contributed by atoms with Gasteiger partial charge in [0.05, 0.1) is 5.69 Å². The monoisotopic (exact) mass is 531 g/mol. The van der Waals surface area contributed by atoms with Crippen LogP contribution in [0.2, 0.25) is 0 Å². The Kier molecular flexibility index (Phi) is 10.2. The van der Waals surface area contributed by atoms with Gasteiger partial charge in [0.25, 0.3) is 0 Å². The molecule has 202 valence electrons. The zero-order valence-electron chi connectivity index (χ0n) is 20.5. The molecule has 1 aromatic heterocycles. The molecule has 1 aliphatic heterocycles. The van der Waals surface area contributed by atoms with Crippen LogP contribution in [0.4, 0.5) is 13.2 Å². The summed E-state index contributed by atoms with van der Waals surface area (Å²) in [5, 5.41) is 15.9. The molecule has 0 saturated carbocycles. The highest BCUT2D eigenvalue weighted by Crippen LogP contribution is 2.26. The summed E-state index contributed by atoms with van der Waals surface area (Å²) in [5.74, 6) is -2.28. The van der Waals surface area contributed by atoms with Crippen molar-refractivity contribution in [3.05, 3.63) is 89.5 Å². The summed E-state index contributed by atoms with van der Waals surface area (Å²) in [6.45, 7) is 3.55. The number of carboxylic acids is 2. The lowest BCUT2D eigenvalue weighted by Crippen LogP contribution is -2.21. The van der Waals surface area contributed by atoms with E-state index in [1.807, 2.05) is 30.5 Å². The Hall–Kier alpha value is -3.99. The van der Waals surface area contributed by atoms with Crippen LogP contribution in [0.25, 0.3) is 0 Å². The number of aryl methyl sites for hydroxylation is 1. The maximum Gasteiger partial charge on any atom is 0.490 e. The molecule has 1 saturated heterocycles. The second kappa shape index (κ2) is 13.5. The Bertz CT molecular complexity index is 1170. The molecule has 1 unspecified atom stereocenters. The highest BCUT2D eigenvalue weighted by molar-refractivity contribution is 5.73. The van der Waals surface area contributed by atoms with Crippen molar-refractivity contribution >= 4 is 11.9 Å². The first-order valence-electron chi connectivity index (χ1n) is 11.9. The van der Waals surface area contributed by atoms with Gasteiger partial charge in [0.1, 0.15) is 12.4 Å². The van der Waals surface area contributed by atoms with Crippen LogP contribution in [0.15, 0.2) is 67.1 Å². The van der Waals surface area contributed by atoms with Crippen molar-refractivity contribution in [1.82, 2.24) is 14.9 Å². The van der Waals surface area contributed by atoms with Crippen molar-refractivity contribution in [3.63, 3.8) is 0 Å². The number of likely N-dealkylation sites (tertiary alicyclic amines) is 1. The third-order valence-electron chi connectivity index (χ3n) is 5.90. The molecule has 1 fully saturated rings. The molecule has 2 heterocycles. The third-order valence-corrected chi connectivity index (χ3v) is 5.90. The van der Waals surface area contributed by atoms with Crippen LogP contribution in [-0.2, 0) is 29.2 Å². The van der Waals surface area contributed by atoms with Gasteiger partial charge >= 0.3 is 18.1 Å². The van der Waals surface area contributed by atoms with Crippen molar-refractivity contribution in [2.24, 2.45) is 0 Å². The Balaban J connectivity index is 0.000000505. The molecule has 0 bridgehead atoms. The van der Waals surface area contributed by atoms with Gasteiger partial charge in [-0.2, -0.15) is 13.2 Å². The summed E-state index contributed by atoms with van der Waals surface area (Å²) >= 11 is 0. The topological polar surface area (TPSA) is 113 Å². The van der Waals surface area contributed by atoms with Gasteiger partial charge in [-0.25, -0.2) is 4.79 Å². The minimum absolute atomic E-state index is 0.144. The van der Waals surface area contributed by atoms with Crippen LogP contribution < -0.4 is 4.74 Å². The molecule has 3 aromatic rings. The van der Waals surface area contributed by atoms with Crippen molar-refractivity contribution in [3.8, 4) is 5.75 Å². The zero-order valence-corrected chi connectivity index (χ0v) is 20.5. The number of benzene rings is 2. The van der Waals surface area contributed by atoms with Crippen molar-refractivity contribution in [2.45, 2.75) is 44.5 Å².